The molecule has 1 heterocycles. The maximum Gasteiger partial charge on any atom is 0.334 e. The average Bonchev–Trinajstić information content (AvgIpc) is 3.07. The molecule has 5 heteroatoms. The van der Waals surface area contributed by atoms with Gasteiger partial charge in [0.2, 0.25) is 0 Å². The Balaban J connectivity index is 1.75. The van der Waals surface area contributed by atoms with Crippen molar-refractivity contribution in [3.63, 3.8) is 0 Å². The van der Waals surface area contributed by atoms with E-state index in [-0.39, 0.29) is 11.9 Å². The number of benzene rings is 2. The number of halogens is 1. The first-order valence-corrected chi connectivity index (χ1v) is 8.57. The van der Waals surface area contributed by atoms with Gasteiger partial charge in [0, 0.05) is 12.1 Å². The number of esters is 1. The van der Waals surface area contributed by atoms with Crippen molar-refractivity contribution in [3.8, 4) is 5.75 Å². The van der Waals surface area contributed by atoms with Gasteiger partial charge in [0.1, 0.15) is 11.8 Å². The molecule has 23 heavy (non-hydrogen) atoms. The summed E-state index contributed by atoms with van der Waals surface area (Å²) in [6, 6.07) is 15.9. The van der Waals surface area contributed by atoms with E-state index >= 15 is 0 Å². The molecule has 1 amide bonds. The van der Waals surface area contributed by atoms with E-state index in [4.69, 9.17) is 4.74 Å². The Bertz CT molecular complexity index is 717. The molecule has 2 aromatic carbocycles. The zero-order chi connectivity index (χ0) is 16.2. The zero-order valence-electron chi connectivity index (χ0n) is 12.4. The van der Waals surface area contributed by atoms with Gasteiger partial charge >= 0.3 is 5.97 Å². The molecule has 1 unspecified atom stereocenters. The standard InChI is InChI=1S/C18H16INO3/c19-14-9-4-5-11-16(14)23-18(22)15-10-6-12-20(15)17(21)13-7-2-1-3-8-13/h1-5,7-9,11,15H,6,10,12H2. The second kappa shape index (κ2) is 7.12. The van der Waals surface area contributed by atoms with Gasteiger partial charge in [0.05, 0.1) is 3.57 Å². The van der Waals surface area contributed by atoms with Crippen molar-refractivity contribution in [2.24, 2.45) is 0 Å². The summed E-state index contributed by atoms with van der Waals surface area (Å²) in [7, 11) is 0. The van der Waals surface area contributed by atoms with E-state index in [0.717, 1.165) is 9.99 Å². The molecule has 2 aromatic rings. The molecule has 0 saturated carbocycles. The van der Waals surface area contributed by atoms with Crippen LogP contribution in [0.3, 0.4) is 0 Å². The van der Waals surface area contributed by atoms with Gasteiger partial charge in [-0.05, 0) is 59.7 Å². The predicted octanol–water partition coefficient (Wildman–Crippen LogP) is 3.50. The second-order valence-electron chi connectivity index (χ2n) is 5.37. The first-order chi connectivity index (χ1) is 11.2. The van der Waals surface area contributed by atoms with Gasteiger partial charge in [-0.1, -0.05) is 30.3 Å². The molecular weight excluding hydrogens is 405 g/mol. The van der Waals surface area contributed by atoms with Crippen LogP contribution in [0.5, 0.6) is 5.75 Å². The minimum atomic E-state index is -0.515. The number of nitrogens with zero attached hydrogens (tertiary/aromatic N) is 1. The number of ether oxygens (including phenoxy) is 1. The molecule has 3 rings (SSSR count). The van der Waals surface area contributed by atoms with Crippen molar-refractivity contribution in [2.45, 2.75) is 18.9 Å². The van der Waals surface area contributed by atoms with Crippen LogP contribution < -0.4 is 4.74 Å². The molecule has 1 saturated heterocycles. The Kier molecular flexibility index (Phi) is 4.95. The average molecular weight is 421 g/mol. The van der Waals surface area contributed by atoms with Crippen LogP contribution in [-0.2, 0) is 4.79 Å². The lowest BCUT2D eigenvalue weighted by Gasteiger charge is -2.23. The van der Waals surface area contributed by atoms with Crippen molar-refractivity contribution in [3.05, 3.63) is 63.7 Å². The minimum absolute atomic E-state index is 0.118. The molecule has 0 spiro atoms. The topological polar surface area (TPSA) is 46.6 Å². The molecule has 0 radical (unpaired) electrons. The maximum atomic E-state index is 12.6. The Morgan fingerprint density at radius 1 is 1.04 bits per heavy atom. The van der Waals surface area contributed by atoms with Crippen LogP contribution in [0.25, 0.3) is 0 Å². The first-order valence-electron chi connectivity index (χ1n) is 7.49. The van der Waals surface area contributed by atoms with E-state index in [1.807, 2.05) is 36.4 Å². The lowest BCUT2D eigenvalue weighted by molar-refractivity contribution is -0.138. The smallest absolute Gasteiger partial charge is 0.334 e. The van der Waals surface area contributed by atoms with E-state index in [9.17, 15) is 9.59 Å². The number of rotatable bonds is 3. The normalized spacial score (nSPS) is 17.1. The van der Waals surface area contributed by atoms with Gasteiger partial charge in [-0.25, -0.2) is 4.79 Å². The lowest BCUT2D eigenvalue weighted by atomic mass is 10.1. The fraction of sp³-hybridized carbons (Fsp3) is 0.222. The van der Waals surface area contributed by atoms with E-state index in [1.165, 1.54) is 0 Å². The monoisotopic (exact) mass is 421 g/mol. The van der Waals surface area contributed by atoms with Crippen molar-refractivity contribution < 1.29 is 14.3 Å². The summed E-state index contributed by atoms with van der Waals surface area (Å²) in [5.41, 5.74) is 0.599. The Morgan fingerprint density at radius 3 is 2.48 bits per heavy atom. The third kappa shape index (κ3) is 3.55. The summed E-state index contributed by atoms with van der Waals surface area (Å²) in [5.74, 6) is 0.0563. The van der Waals surface area contributed by atoms with Crippen LogP contribution in [0.4, 0.5) is 0 Å². The molecule has 0 bridgehead atoms. The quantitative estimate of drug-likeness (QED) is 0.433. The fourth-order valence-electron chi connectivity index (χ4n) is 2.71. The van der Waals surface area contributed by atoms with Crippen LogP contribution in [0.2, 0.25) is 0 Å². The van der Waals surface area contributed by atoms with E-state index in [1.54, 1.807) is 23.1 Å². The largest absolute Gasteiger partial charge is 0.424 e. The highest BCUT2D eigenvalue weighted by atomic mass is 127. The van der Waals surface area contributed by atoms with Gasteiger partial charge in [-0.2, -0.15) is 0 Å². The van der Waals surface area contributed by atoms with Crippen molar-refractivity contribution in [1.29, 1.82) is 0 Å². The number of hydrogen-bond acceptors (Lipinski definition) is 3. The molecule has 0 N–H and O–H groups in total. The zero-order valence-corrected chi connectivity index (χ0v) is 14.6. The molecule has 0 aliphatic carbocycles. The van der Waals surface area contributed by atoms with Crippen LogP contribution >= 0.6 is 22.6 Å². The molecule has 1 fully saturated rings. The Morgan fingerprint density at radius 2 is 1.74 bits per heavy atom. The van der Waals surface area contributed by atoms with Crippen LogP contribution in [-0.4, -0.2) is 29.4 Å². The van der Waals surface area contributed by atoms with Gasteiger partial charge in [-0.3, -0.25) is 4.79 Å². The van der Waals surface area contributed by atoms with Crippen molar-refractivity contribution in [2.75, 3.05) is 6.54 Å². The van der Waals surface area contributed by atoms with Crippen molar-refractivity contribution >= 4 is 34.5 Å². The van der Waals surface area contributed by atoms with Gasteiger partial charge in [0.15, 0.2) is 0 Å². The number of amides is 1. The third-order valence-electron chi connectivity index (χ3n) is 3.85. The Hall–Kier alpha value is -1.89. The summed E-state index contributed by atoms with van der Waals surface area (Å²) in [5, 5.41) is 0. The summed E-state index contributed by atoms with van der Waals surface area (Å²) >= 11 is 2.13. The SMILES string of the molecule is O=C(Oc1ccccc1I)C1CCCN1C(=O)c1ccccc1. The molecule has 0 aromatic heterocycles. The summed E-state index contributed by atoms with van der Waals surface area (Å²) in [6.45, 7) is 0.583. The molecule has 1 aliphatic rings. The van der Waals surface area contributed by atoms with Crippen molar-refractivity contribution in [1.82, 2.24) is 4.90 Å². The summed E-state index contributed by atoms with van der Waals surface area (Å²) < 4.78 is 6.38. The maximum absolute atomic E-state index is 12.6. The molecule has 1 atom stereocenters. The van der Waals surface area contributed by atoms with Gasteiger partial charge in [-0.15, -0.1) is 0 Å². The first kappa shape index (κ1) is 16.0. The van der Waals surface area contributed by atoms with E-state index in [2.05, 4.69) is 22.6 Å². The number of carbonyl (C=O) groups is 2. The number of likely N-dealkylation sites (tertiary alicyclic amines) is 1. The number of carbonyl (C=O) groups excluding carboxylic acids is 2. The van der Waals surface area contributed by atoms with Gasteiger partial charge in [0.25, 0.3) is 5.91 Å². The van der Waals surface area contributed by atoms with Crippen LogP contribution in [0.15, 0.2) is 54.6 Å². The minimum Gasteiger partial charge on any atom is -0.424 e. The van der Waals surface area contributed by atoms with E-state index in [0.29, 0.717) is 24.3 Å². The molecule has 118 valence electrons. The molecule has 1 aliphatic heterocycles. The van der Waals surface area contributed by atoms with Crippen LogP contribution in [0.1, 0.15) is 23.2 Å². The fourth-order valence-corrected chi connectivity index (χ4v) is 3.20. The van der Waals surface area contributed by atoms with Crippen LogP contribution in [0, 0.1) is 3.57 Å². The third-order valence-corrected chi connectivity index (χ3v) is 4.74. The highest BCUT2D eigenvalue weighted by molar-refractivity contribution is 14.1. The highest BCUT2D eigenvalue weighted by Gasteiger charge is 2.36. The lowest BCUT2D eigenvalue weighted by Crippen LogP contribution is -2.42. The predicted molar refractivity (Wildman–Crippen MR) is 95.3 cm³/mol. The van der Waals surface area contributed by atoms with E-state index < -0.39 is 6.04 Å². The summed E-state index contributed by atoms with van der Waals surface area (Å²) in [4.78, 5) is 26.7. The molecular formula is C18H16INO3. The Labute approximate surface area is 148 Å². The highest BCUT2D eigenvalue weighted by Crippen LogP contribution is 2.25. The number of hydrogen-bond donors (Lipinski definition) is 0. The summed E-state index contributed by atoms with van der Waals surface area (Å²) in [6.07, 6.45) is 1.45. The number of para-hydroxylation sites is 1. The second-order valence-corrected chi connectivity index (χ2v) is 6.54. The van der Waals surface area contributed by atoms with Gasteiger partial charge < -0.3 is 9.64 Å². The molecule has 4 nitrogen and oxygen atoms in total.